The highest BCUT2D eigenvalue weighted by Gasteiger charge is 2.39. The maximum absolute atomic E-state index is 14.9. The monoisotopic (exact) mass is 473 g/mol. The molecule has 0 aliphatic heterocycles. The van der Waals surface area contributed by atoms with Gasteiger partial charge in [-0.25, -0.2) is 17.8 Å². The van der Waals surface area contributed by atoms with Gasteiger partial charge in [0.25, 0.3) is 0 Å². The minimum Gasteiger partial charge on any atom is -0.369 e. The molecule has 0 saturated carbocycles. The second-order valence-electron chi connectivity index (χ2n) is 8.16. The van der Waals surface area contributed by atoms with Gasteiger partial charge in [-0.1, -0.05) is 19.1 Å². The Labute approximate surface area is 183 Å². The number of rotatable bonds is 5. The Morgan fingerprint density at radius 3 is 2.47 bits per heavy atom. The molecule has 0 saturated heterocycles. The van der Waals surface area contributed by atoms with E-state index in [0.29, 0.717) is 17.5 Å². The second-order valence-corrected chi connectivity index (χ2v) is 9.90. The number of fused-ring (bicyclic) bond motifs is 1. The van der Waals surface area contributed by atoms with Gasteiger partial charge in [0.05, 0.1) is 11.9 Å². The van der Waals surface area contributed by atoms with Crippen molar-refractivity contribution in [2.24, 2.45) is 11.7 Å². The van der Waals surface area contributed by atoms with Crippen molar-refractivity contribution in [3.8, 4) is 0 Å². The smallest absolute Gasteiger partial charge is 0.369 e. The summed E-state index contributed by atoms with van der Waals surface area (Å²) < 4.78 is 81.5. The number of carbonyl (C=O) groups is 1. The first-order valence-electron chi connectivity index (χ1n) is 9.84. The zero-order valence-corrected chi connectivity index (χ0v) is 18.5. The number of nitrogens with zero attached hydrogens (tertiary/aromatic N) is 1. The summed E-state index contributed by atoms with van der Waals surface area (Å²) in [6.07, 6.45) is -3.16. The minimum atomic E-state index is -4.76. The van der Waals surface area contributed by atoms with Crippen molar-refractivity contribution in [1.29, 1.82) is 0 Å². The van der Waals surface area contributed by atoms with E-state index < -0.39 is 45.5 Å². The van der Waals surface area contributed by atoms with Crippen LogP contribution in [0.15, 0.2) is 18.2 Å². The number of nitrogens with one attached hydrogen (secondary N) is 1. The van der Waals surface area contributed by atoms with Crippen LogP contribution in [0.25, 0.3) is 0 Å². The minimum absolute atomic E-state index is 0.00450. The lowest BCUT2D eigenvalue weighted by molar-refractivity contribution is -0.142. The highest BCUT2D eigenvalue weighted by molar-refractivity contribution is 7.92. The number of aryl methyl sites for hydroxylation is 2. The number of amides is 1. The van der Waals surface area contributed by atoms with Crippen LogP contribution in [0, 0.1) is 18.7 Å². The summed E-state index contributed by atoms with van der Waals surface area (Å²) in [6, 6.07) is 3.60. The molecule has 11 heteroatoms. The summed E-state index contributed by atoms with van der Waals surface area (Å²) in [5.41, 5.74) is 5.12. The van der Waals surface area contributed by atoms with Crippen molar-refractivity contribution in [2.45, 2.75) is 45.2 Å². The molecule has 1 amide bonds. The van der Waals surface area contributed by atoms with Crippen LogP contribution in [-0.2, 0) is 33.8 Å². The van der Waals surface area contributed by atoms with Crippen molar-refractivity contribution in [1.82, 2.24) is 4.98 Å². The maximum atomic E-state index is 14.9. The largest absolute Gasteiger partial charge is 0.433 e. The molecule has 174 valence electrons. The van der Waals surface area contributed by atoms with Gasteiger partial charge in [-0.05, 0) is 54.5 Å². The lowest BCUT2D eigenvalue weighted by atomic mass is 9.82. The van der Waals surface area contributed by atoms with Crippen molar-refractivity contribution >= 4 is 21.6 Å². The highest BCUT2D eigenvalue weighted by atomic mass is 32.2. The standard InChI is InChI=1S/C21H23F4N3O3S/c1-10-6-14(16(22)9-18(10)28-32(3,30)31)11(2)15-8-13-7-12(20(26)29)4-5-17(13)27-19(15)21(23,24)25/h6,8-9,11-12,28H,4-5,7H2,1-3H3,(H2,26,29)/t11-,12?/m0/s1. The number of pyridine rings is 1. The number of halogens is 4. The molecule has 2 atom stereocenters. The van der Waals surface area contributed by atoms with Gasteiger partial charge in [0.2, 0.25) is 15.9 Å². The first-order valence-corrected chi connectivity index (χ1v) is 11.7. The quantitative estimate of drug-likeness (QED) is 0.647. The van der Waals surface area contributed by atoms with Crippen LogP contribution in [0.3, 0.4) is 0 Å². The molecule has 1 heterocycles. The lowest BCUT2D eigenvalue weighted by Gasteiger charge is -2.26. The van der Waals surface area contributed by atoms with Crippen LogP contribution in [0.4, 0.5) is 23.2 Å². The highest BCUT2D eigenvalue weighted by Crippen LogP contribution is 2.40. The molecule has 1 aromatic carbocycles. The molecule has 0 radical (unpaired) electrons. The fraction of sp³-hybridized carbons (Fsp3) is 0.429. The van der Waals surface area contributed by atoms with Gasteiger partial charge in [0.1, 0.15) is 11.5 Å². The van der Waals surface area contributed by atoms with E-state index in [-0.39, 0.29) is 35.3 Å². The van der Waals surface area contributed by atoms with Crippen molar-refractivity contribution in [2.75, 3.05) is 11.0 Å². The normalized spacial score (nSPS) is 17.5. The van der Waals surface area contributed by atoms with Crippen LogP contribution in [-0.4, -0.2) is 25.6 Å². The first kappa shape index (κ1) is 24.0. The Morgan fingerprint density at radius 1 is 1.25 bits per heavy atom. The zero-order chi connectivity index (χ0) is 24.0. The Morgan fingerprint density at radius 2 is 1.91 bits per heavy atom. The van der Waals surface area contributed by atoms with Crippen LogP contribution in [0.2, 0.25) is 0 Å². The topological polar surface area (TPSA) is 102 Å². The van der Waals surface area contributed by atoms with E-state index in [2.05, 4.69) is 9.71 Å². The summed E-state index contributed by atoms with van der Waals surface area (Å²) in [5, 5.41) is 0. The number of primary amides is 1. The summed E-state index contributed by atoms with van der Waals surface area (Å²) in [5.74, 6) is -2.91. The molecule has 0 spiro atoms. The van der Waals surface area contributed by atoms with Crippen molar-refractivity contribution < 1.29 is 30.8 Å². The van der Waals surface area contributed by atoms with E-state index in [0.717, 1.165) is 12.3 Å². The van der Waals surface area contributed by atoms with Gasteiger partial charge in [-0.3, -0.25) is 9.52 Å². The number of nitrogens with two attached hydrogens (primary N) is 1. The zero-order valence-electron chi connectivity index (χ0n) is 17.7. The molecule has 0 fully saturated rings. The number of hydrogen-bond acceptors (Lipinski definition) is 4. The van der Waals surface area contributed by atoms with Crippen LogP contribution < -0.4 is 10.5 Å². The van der Waals surface area contributed by atoms with E-state index in [1.54, 1.807) is 0 Å². The lowest BCUT2D eigenvalue weighted by Crippen LogP contribution is -2.30. The fourth-order valence-electron chi connectivity index (χ4n) is 4.00. The van der Waals surface area contributed by atoms with Gasteiger partial charge in [-0.2, -0.15) is 13.2 Å². The van der Waals surface area contributed by atoms with Crippen LogP contribution >= 0.6 is 0 Å². The molecule has 6 nitrogen and oxygen atoms in total. The SMILES string of the molecule is Cc1cc([C@H](C)c2cc3c(nc2C(F)(F)F)CCC(C(N)=O)C3)c(F)cc1NS(C)(=O)=O. The van der Waals surface area contributed by atoms with Gasteiger partial charge >= 0.3 is 6.18 Å². The van der Waals surface area contributed by atoms with Crippen LogP contribution in [0.1, 0.15) is 52.9 Å². The van der Waals surface area contributed by atoms with E-state index in [1.165, 1.54) is 26.0 Å². The van der Waals surface area contributed by atoms with Gasteiger partial charge in [0, 0.05) is 17.5 Å². The third kappa shape index (κ3) is 5.03. The summed E-state index contributed by atoms with van der Waals surface area (Å²) >= 11 is 0. The Kier molecular flexibility index (Phi) is 6.25. The molecule has 1 aliphatic rings. The molecule has 32 heavy (non-hydrogen) atoms. The van der Waals surface area contributed by atoms with Gasteiger partial charge in [-0.15, -0.1) is 0 Å². The number of anilines is 1. The van der Waals surface area contributed by atoms with E-state index in [9.17, 15) is 30.8 Å². The number of sulfonamides is 1. The first-order chi connectivity index (χ1) is 14.7. The third-order valence-corrected chi connectivity index (χ3v) is 6.25. The summed E-state index contributed by atoms with van der Waals surface area (Å²) in [6.45, 7) is 2.95. The molecule has 3 N–H and O–H groups in total. The average molecular weight is 473 g/mol. The average Bonchev–Trinajstić information content (AvgIpc) is 2.66. The summed E-state index contributed by atoms with van der Waals surface area (Å²) in [4.78, 5) is 15.4. The molecule has 1 aliphatic carbocycles. The second kappa shape index (κ2) is 8.34. The van der Waals surface area contributed by atoms with Crippen LogP contribution in [0.5, 0.6) is 0 Å². The predicted molar refractivity (Wildman–Crippen MR) is 111 cm³/mol. The Bertz CT molecular complexity index is 1180. The Balaban J connectivity index is 2.11. The Hall–Kier alpha value is -2.69. The molecule has 2 aromatic rings. The number of carbonyl (C=O) groups excluding carboxylic acids is 1. The van der Waals surface area contributed by atoms with Crippen molar-refractivity contribution in [3.63, 3.8) is 0 Å². The maximum Gasteiger partial charge on any atom is 0.433 e. The molecular formula is C21H23F4N3O3S. The van der Waals surface area contributed by atoms with Gasteiger partial charge < -0.3 is 5.73 Å². The number of aromatic nitrogens is 1. The van der Waals surface area contributed by atoms with E-state index in [1.807, 2.05) is 0 Å². The third-order valence-electron chi connectivity index (χ3n) is 5.66. The van der Waals surface area contributed by atoms with E-state index >= 15 is 0 Å². The van der Waals surface area contributed by atoms with Gasteiger partial charge in [0.15, 0.2) is 0 Å². The molecule has 1 aromatic heterocycles. The van der Waals surface area contributed by atoms with E-state index in [4.69, 9.17) is 5.73 Å². The molecule has 1 unspecified atom stereocenters. The predicted octanol–water partition coefficient (Wildman–Crippen LogP) is 3.66. The fourth-order valence-corrected chi connectivity index (χ4v) is 4.61. The molecule has 0 bridgehead atoms. The number of hydrogen-bond donors (Lipinski definition) is 2. The van der Waals surface area contributed by atoms with Crippen molar-refractivity contribution in [3.05, 3.63) is 57.7 Å². The molecular weight excluding hydrogens is 450 g/mol. The number of benzene rings is 1. The summed E-state index contributed by atoms with van der Waals surface area (Å²) in [7, 11) is -3.66. The number of alkyl halides is 3. The molecule has 3 rings (SSSR count).